The van der Waals surface area contributed by atoms with Crippen LogP contribution in [0.25, 0.3) is 0 Å². The molecule has 72 valence electrons. The van der Waals surface area contributed by atoms with Crippen LogP contribution in [0.1, 0.15) is 26.2 Å². The van der Waals surface area contributed by atoms with Crippen LogP contribution in [0.15, 0.2) is 11.8 Å². The second-order valence-electron chi connectivity index (χ2n) is 2.54. The summed E-state index contributed by atoms with van der Waals surface area (Å²) in [6.45, 7) is 2.10. The molecule has 0 atom stereocenters. The number of nitrogens with zero attached hydrogens (tertiary/aromatic N) is 1. The van der Waals surface area contributed by atoms with Gasteiger partial charge in [0.2, 0.25) is 0 Å². The molecule has 0 aliphatic rings. The van der Waals surface area contributed by atoms with E-state index in [9.17, 15) is 4.79 Å². The minimum Gasteiger partial charge on any atom is -0.461 e. The first-order valence-corrected chi connectivity index (χ1v) is 4.20. The third-order valence-electron chi connectivity index (χ3n) is 1.30. The normalized spacial score (nSPS) is 10.6. The maximum Gasteiger partial charge on any atom is 0.332 e. The Morgan fingerprint density at radius 3 is 2.92 bits per heavy atom. The Hall–Kier alpha value is -1.50. The van der Waals surface area contributed by atoms with E-state index in [4.69, 9.17) is 11.0 Å². The van der Waals surface area contributed by atoms with Crippen molar-refractivity contribution in [2.24, 2.45) is 5.73 Å². The molecule has 4 heteroatoms. The summed E-state index contributed by atoms with van der Waals surface area (Å²) in [5.74, 6) is -0.471. The van der Waals surface area contributed by atoms with Gasteiger partial charge in [0.25, 0.3) is 0 Å². The topological polar surface area (TPSA) is 76.1 Å². The molecule has 0 spiro atoms. The van der Waals surface area contributed by atoms with Gasteiger partial charge in [-0.15, -0.1) is 0 Å². The van der Waals surface area contributed by atoms with Gasteiger partial charge in [-0.25, -0.2) is 4.79 Å². The van der Waals surface area contributed by atoms with Crippen molar-refractivity contribution in [1.82, 2.24) is 0 Å². The van der Waals surface area contributed by atoms with Crippen molar-refractivity contribution in [2.45, 2.75) is 26.2 Å². The number of nitriles is 1. The summed E-state index contributed by atoms with van der Waals surface area (Å²) in [6.07, 6.45) is 3.06. The van der Waals surface area contributed by atoms with E-state index in [2.05, 4.69) is 4.74 Å². The Morgan fingerprint density at radius 1 is 1.69 bits per heavy atom. The largest absolute Gasteiger partial charge is 0.461 e. The lowest BCUT2D eigenvalue weighted by molar-refractivity contribution is -0.137. The standard InChI is InChI=1S/C9H14N2O2/c1-2-4-8(11)7-9(12)13-6-3-5-10/h7H,2-4,6,11H2,1H3/b8-7+. The van der Waals surface area contributed by atoms with E-state index in [1.54, 1.807) is 0 Å². The summed E-state index contributed by atoms with van der Waals surface area (Å²) in [7, 11) is 0. The van der Waals surface area contributed by atoms with Gasteiger partial charge in [0.05, 0.1) is 12.5 Å². The summed E-state index contributed by atoms with van der Waals surface area (Å²) in [4.78, 5) is 10.9. The Labute approximate surface area is 78.0 Å². The van der Waals surface area contributed by atoms with Crippen LogP contribution in [-0.2, 0) is 9.53 Å². The first-order chi connectivity index (χ1) is 6.20. The number of carbonyl (C=O) groups is 1. The summed E-state index contributed by atoms with van der Waals surface area (Å²) in [5, 5.41) is 8.16. The van der Waals surface area contributed by atoms with Crippen LogP contribution in [0, 0.1) is 11.3 Å². The lowest BCUT2D eigenvalue weighted by atomic mass is 10.2. The van der Waals surface area contributed by atoms with Crippen LogP contribution >= 0.6 is 0 Å². The van der Waals surface area contributed by atoms with Crippen LogP contribution in [0.3, 0.4) is 0 Å². The van der Waals surface area contributed by atoms with E-state index in [1.165, 1.54) is 6.08 Å². The molecule has 0 saturated carbocycles. The molecule has 0 radical (unpaired) electrons. The Kier molecular flexibility index (Phi) is 6.34. The van der Waals surface area contributed by atoms with E-state index < -0.39 is 5.97 Å². The monoisotopic (exact) mass is 182 g/mol. The van der Waals surface area contributed by atoms with Gasteiger partial charge in [-0.3, -0.25) is 0 Å². The Bertz CT molecular complexity index is 228. The predicted octanol–water partition coefficient (Wildman–Crippen LogP) is 1.09. The zero-order chi connectivity index (χ0) is 10.1. The highest BCUT2D eigenvalue weighted by molar-refractivity contribution is 5.82. The molecule has 0 unspecified atom stereocenters. The van der Waals surface area contributed by atoms with Gasteiger partial charge in [0.1, 0.15) is 6.61 Å². The number of hydrogen-bond acceptors (Lipinski definition) is 4. The maximum absolute atomic E-state index is 10.9. The number of allylic oxidation sites excluding steroid dienone is 1. The second-order valence-corrected chi connectivity index (χ2v) is 2.54. The molecule has 4 nitrogen and oxygen atoms in total. The molecule has 0 saturated heterocycles. The molecule has 0 aromatic rings. The van der Waals surface area contributed by atoms with Crippen molar-refractivity contribution in [2.75, 3.05) is 6.61 Å². The molecular formula is C9H14N2O2. The van der Waals surface area contributed by atoms with Gasteiger partial charge in [-0.2, -0.15) is 5.26 Å². The van der Waals surface area contributed by atoms with Gasteiger partial charge in [-0.05, 0) is 6.42 Å². The summed E-state index contributed by atoms with van der Waals surface area (Å²) in [6, 6.07) is 1.87. The molecule has 0 aliphatic heterocycles. The van der Waals surface area contributed by atoms with E-state index in [1.807, 2.05) is 13.0 Å². The molecule has 0 rings (SSSR count). The summed E-state index contributed by atoms with van der Waals surface area (Å²) >= 11 is 0. The van der Waals surface area contributed by atoms with Gasteiger partial charge in [0, 0.05) is 11.8 Å². The van der Waals surface area contributed by atoms with Crippen LogP contribution in [0.5, 0.6) is 0 Å². The lowest BCUT2D eigenvalue weighted by Crippen LogP contribution is -2.06. The van der Waals surface area contributed by atoms with E-state index in [0.29, 0.717) is 12.1 Å². The first kappa shape index (κ1) is 11.5. The molecule has 0 aromatic carbocycles. The lowest BCUT2D eigenvalue weighted by Gasteiger charge is -1.99. The molecule has 0 aromatic heterocycles. The zero-order valence-corrected chi connectivity index (χ0v) is 7.75. The van der Waals surface area contributed by atoms with E-state index in [-0.39, 0.29) is 13.0 Å². The molecular weight excluding hydrogens is 168 g/mol. The van der Waals surface area contributed by atoms with Gasteiger partial charge in [-0.1, -0.05) is 13.3 Å². The van der Waals surface area contributed by atoms with Crippen molar-refractivity contribution < 1.29 is 9.53 Å². The van der Waals surface area contributed by atoms with Crippen molar-refractivity contribution in [3.05, 3.63) is 11.8 Å². The number of esters is 1. The quantitative estimate of drug-likeness (QED) is 0.392. The number of ether oxygens (including phenoxy) is 1. The SMILES string of the molecule is CCC/C(N)=C\C(=O)OCCC#N. The Balaban J connectivity index is 3.73. The van der Waals surface area contributed by atoms with Crippen molar-refractivity contribution in [1.29, 1.82) is 5.26 Å². The van der Waals surface area contributed by atoms with E-state index >= 15 is 0 Å². The summed E-state index contributed by atoms with van der Waals surface area (Å²) in [5.41, 5.74) is 6.00. The number of rotatable bonds is 5. The minimum absolute atomic E-state index is 0.130. The molecule has 0 aliphatic carbocycles. The molecule has 13 heavy (non-hydrogen) atoms. The number of nitrogens with two attached hydrogens (primary N) is 1. The average molecular weight is 182 g/mol. The van der Waals surface area contributed by atoms with Crippen molar-refractivity contribution in [3.8, 4) is 6.07 Å². The van der Waals surface area contributed by atoms with Gasteiger partial charge in [0.15, 0.2) is 0 Å². The highest BCUT2D eigenvalue weighted by Gasteiger charge is 1.98. The third kappa shape index (κ3) is 6.88. The Morgan fingerprint density at radius 2 is 2.38 bits per heavy atom. The highest BCUT2D eigenvalue weighted by atomic mass is 16.5. The average Bonchev–Trinajstić information content (AvgIpc) is 2.05. The second kappa shape index (κ2) is 7.17. The fourth-order valence-corrected chi connectivity index (χ4v) is 0.751. The number of carbonyl (C=O) groups excluding carboxylic acids is 1. The predicted molar refractivity (Wildman–Crippen MR) is 48.4 cm³/mol. The fourth-order valence-electron chi connectivity index (χ4n) is 0.751. The van der Waals surface area contributed by atoms with E-state index in [0.717, 1.165) is 6.42 Å². The van der Waals surface area contributed by atoms with Crippen LogP contribution in [0.2, 0.25) is 0 Å². The third-order valence-corrected chi connectivity index (χ3v) is 1.30. The van der Waals surface area contributed by atoms with Crippen molar-refractivity contribution >= 4 is 5.97 Å². The molecule has 0 bridgehead atoms. The molecule has 0 fully saturated rings. The van der Waals surface area contributed by atoms with Crippen molar-refractivity contribution in [3.63, 3.8) is 0 Å². The number of hydrogen-bond donors (Lipinski definition) is 1. The van der Waals surface area contributed by atoms with Crippen LogP contribution < -0.4 is 5.73 Å². The minimum atomic E-state index is -0.471. The highest BCUT2D eigenvalue weighted by Crippen LogP contribution is 1.97. The van der Waals surface area contributed by atoms with Gasteiger partial charge < -0.3 is 10.5 Å². The van der Waals surface area contributed by atoms with Crippen LogP contribution in [-0.4, -0.2) is 12.6 Å². The fraction of sp³-hybridized carbons (Fsp3) is 0.556. The first-order valence-electron chi connectivity index (χ1n) is 4.20. The zero-order valence-electron chi connectivity index (χ0n) is 7.75. The molecule has 0 amide bonds. The molecule has 2 N–H and O–H groups in total. The maximum atomic E-state index is 10.9. The molecule has 0 heterocycles. The van der Waals surface area contributed by atoms with Gasteiger partial charge >= 0.3 is 5.97 Å². The smallest absolute Gasteiger partial charge is 0.332 e. The van der Waals surface area contributed by atoms with Crippen LogP contribution in [0.4, 0.5) is 0 Å². The summed E-state index contributed by atoms with van der Waals surface area (Å²) < 4.78 is 4.68.